The quantitative estimate of drug-likeness (QED) is 0.492. The second-order valence-electron chi connectivity index (χ2n) is 8.74. The minimum atomic E-state index is -1.11. The first-order chi connectivity index (χ1) is 15.7. The van der Waals surface area contributed by atoms with Gasteiger partial charge in [0.05, 0.1) is 12.5 Å². The van der Waals surface area contributed by atoms with E-state index in [1.807, 2.05) is 68.4 Å². The van der Waals surface area contributed by atoms with E-state index in [9.17, 15) is 19.5 Å². The topological polar surface area (TPSA) is 95.9 Å². The average molecular weight is 455 g/mol. The maximum absolute atomic E-state index is 12.9. The maximum Gasteiger partial charge on any atom is 0.326 e. The monoisotopic (exact) mass is 454 g/mol. The van der Waals surface area contributed by atoms with Gasteiger partial charge < -0.3 is 20.1 Å². The summed E-state index contributed by atoms with van der Waals surface area (Å²) in [6.07, 6.45) is -0.0209. The number of carboxylic acids is 1. The highest BCUT2D eigenvalue weighted by atomic mass is 16.5. The van der Waals surface area contributed by atoms with Crippen LogP contribution in [0.4, 0.5) is 4.79 Å². The molecule has 0 saturated carbocycles. The number of hydrogen-bond acceptors (Lipinski definition) is 4. The number of carbonyl (C=O) groups is 3. The third-order valence-electron chi connectivity index (χ3n) is 4.92. The van der Waals surface area contributed by atoms with E-state index in [1.54, 1.807) is 13.8 Å². The van der Waals surface area contributed by atoms with Gasteiger partial charge in [0.15, 0.2) is 0 Å². The first-order valence-corrected chi connectivity index (χ1v) is 11.3. The number of rotatable bonds is 11. The van der Waals surface area contributed by atoms with Crippen molar-refractivity contribution in [1.29, 1.82) is 0 Å². The van der Waals surface area contributed by atoms with Crippen LogP contribution in [0, 0.1) is 5.92 Å². The molecule has 2 amide bonds. The van der Waals surface area contributed by atoms with E-state index >= 15 is 0 Å². The Bertz CT molecular complexity index is 910. The summed E-state index contributed by atoms with van der Waals surface area (Å²) in [6, 6.07) is 15.9. The van der Waals surface area contributed by atoms with Crippen molar-refractivity contribution in [3.05, 3.63) is 60.2 Å². The first-order valence-electron chi connectivity index (χ1n) is 11.3. The highest BCUT2D eigenvalue weighted by molar-refractivity contribution is 5.83. The molecule has 1 atom stereocenters. The summed E-state index contributed by atoms with van der Waals surface area (Å²) < 4.78 is 5.13. The predicted molar refractivity (Wildman–Crippen MR) is 128 cm³/mol. The molecule has 2 aromatic rings. The standard InChI is InChI=1S/C26H34N2O5/c1-18(2)17-28(15-14-24(29)33-19(3)4)26(32)27-23(25(30)31)16-20-10-12-22(13-11-20)21-8-6-5-7-9-21/h5-13,18-19,23H,14-17H2,1-4H3,(H,27,32)(H,30,31)/t23-/m0/s1. The first kappa shape index (κ1) is 25.9. The van der Waals surface area contributed by atoms with Crippen molar-refractivity contribution in [3.8, 4) is 11.1 Å². The van der Waals surface area contributed by atoms with Gasteiger partial charge in [-0.3, -0.25) is 4.79 Å². The molecular weight excluding hydrogens is 420 g/mol. The molecule has 0 fully saturated rings. The van der Waals surface area contributed by atoms with Gasteiger partial charge in [-0.05, 0) is 36.5 Å². The molecule has 33 heavy (non-hydrogen) atoms. The van der Waals surface area contributed by atoms with E-state index in [-0.39, 0.29) is 37.4 Å². The number of esters is 1. The lowest BCUT2D eigenvalue weighted by atomic mass is 10.0. The molecule has 0 aliphatic carbocycles. The second kappa shape index (κ2) is 12.6. The van der Waals surface area contributed by atoms with E-state index in [0.29, 0.717) is 6.54 Å². The van der Waals surface area contributed by atoms with Crippen molar-refractivity contribution in [2.24, 2.45) is 5.92 Å². The Hall–Kier alpha value is -3.35. The summed E-state index contributed by atoms with van der Waals surface area (Å²) in [7, 11) is 0. The summed E-state index contributed by atoms with van der Waals surface area (Å²) in [5.41, 5.74) is 2.91. The van der Waals surface area contributed by atoms with Crippen LogP contribution in [0.25, 0.3) is 11.1 Å². The number of hydrogen-bond donors (Lipinski definition) is 2. The fourth-order valence-electron chi connectivity index (χ4n) is 3.40. The Morgan fingerprint density at radius 1 is 0.939 bits per heavy atom. The zero-order chi connectivity index (χ0) is 24.4. The highest BCUT2D eigenvalue weighted by Crippen LogP contribution is 2.20. The molecule has 0 heterocycles. The van der Waals surface area contributed by atoms with E-state index in [4.69, 9.17) is 4.74 Å². The highest BCUT2D eigenvalue weighted by Gasteiger charge is 2.24. The number of aliphatic carboxylic acids is 1. The summed E-state index contributed by atoms with van der Waals surface area (Å²) in [4.78, 5) is 38.1. The number of carboxylic acid groups (broad SMARTS) is 1. The van der Waals surface area contributed by atoms with Crippen LogP contribution in [0.5, 0.6) is 0 Å². The molecule has 2 aromatic carbocycles. The molecule has 7 nitrogen and oxygen atoms in total. The van der Waals surface area contributed by atoms with Crippen LogP contribution in [-0.4, -0.2) is 53.2 Å². The number of ether oxygens (including phenoxy) is 1. The third kappa shape index (κ3) is 8.96. The normalized spacial score (nSPS) is 11.8. The largest absolute Gasteiger partial charge is 0.480 e. The molecule has 0 bridgehead atoms. The van der Waals surface area contributed by atoms with Crippen LogP contribution in [-0.2, 0) is 20.7 Å². The molecule has 0 aliphatic heterocycles. The van der Waals surface area contributed by atoms with Gasteiger partial charge in [0.2, 0.25) is 0 Å². The smallest absolute Gasteiger partial charge is 0.326 e. The van der Waals surface area contributed by atoms with E-state index in [1.165, 1.54) is 4.90 Å². The van der Waals surface area contributed by atoms with Crippen molar-refractivity contribution in [2.45, 2.75) is 52.7 Å². The number of carbonyl (C=O) groups excluding carboxylic acids is 2. The molecule has 0 saturated heterocycles. The van der Waals surface area contributed by atoms with Gasteiger partial charge in [-0.1, -0.05) is 68.4 Å². The zero-order valence-corrected chi connectivity index (χ0v) is 19.8. The third-order valence-corrected chi connectivity index (χ3v) is 4.92. The van der Waals surface area contributed by atoms with Gasteiger partial charge in [-0.15, -0.1) is 0 Å². The summed E-state index contributed by atoms with van der Waals surface area (Å²) in [5, 5.41) is 12.3. The van der Waals surface area contributed by atoms with Gasteiger partial charge in [0.25, 0.3) is 0 Å². The molecule has 0 aromatic heterocycles. The van der Waals surface area contributed by atoms with Gasteiger partial charge in [0.1, 0.15) is 6.04 Å². The van der Waals surface area contributed by atoms with Crippen LogP contribution in [0.1, 0.15) is 39.7 Å². The predicted octanol–water partition coefficient (Wildman–Crippen LogP) is 4.36. The van der Waals surface area contributed by atoms with Crippen LogP contribution in [0.3, 0.4) is 0 Å². The van der Waals surface area contributed by atoms with Crippen molar-refractivity contribution in [1.82, 2.24) is 10.2 Å². The van der Waals surface area contributed by atoms with Gasteiger partial charge in [0, 0.05) is 19.5 Å². The molecule has 2 N–H and O–H groups in total. The van der Waals surface area contributed by atoms with Crippen LogP contribution >= 0.6 is 0 Å². The van der Waals surface area contributed by atoms with Crippen LogP contribution < -0.4 is 5.32 Å². The summed E-state index contributed by atoms with van der Waals surface area (Å²) in [6.45, 7) is 8.00. The Kier molecular flexibility index (Phi) is 9.91. The lowest BCUT2D eigenvalue weighted by Gasteiger charge is -2.26. The lowest BCUT2D eigenvalue weighted by Crippen LogP contribution is -2.50. The number of amides is 2. The van der Waals surface area contributed by atoms with Gasteiger partial charge >= 0.3 is 18.0 Å². The number of nitrogens with one attached hydrogen (secondary N) is 1. The fourth-order valence-corrected chi connectivity index (χ4v) is 3.40. The van der Waals surface area contributed by atoms with Crippen molar-refractivity contribution in [3.63, 3.8) is 0 Å². The zero-order valence-electron chi connectivity index (χ0n) is 19.8. The maximum atomic E-state index is 12.9. The SMILES string of the molecule is CC(C)CN(CCC(=O)OC(C)C)C(=O)N[C@@H](Cc1ccc(-c2ccccc2)cc1)C(=O)O. The Morgan fingerprint density at radius 3 is 2.09 bits per heavy atom. The van der Waals surface area contributed by atoms with Crippen molar-refractivity contribution >= 4 is 18.0 Å². The lowest BCUT2D eigenvalue weighted by molar-refractivity contribution is -0.147. The van der Waals surface area contributed by atoms with E-state index in [0.717, 1.165) is 16.7 Å². The fraction of sp³-hybridized carbons (Fsp3) is 0.423. The Labute approximate surface area is 195 Å². The summed E-state index contributed by atoms with van der Waals surface area (Å²) >= 11 is 0. The molecule has 7 heteroatoms. The van der Waals surface area contributed by atoms with Crippen LogP contribution in [0.2, 0.25) is 0 Å². The molecule has 2 rings (SSSR count). The minimum absolute atomic E-state index is 0.0526. The number of benzene rings is 2. The van der Waals surface area contributed by atoms with Gasteiger partial charge in [-0.25, -0.2) is 9.59 Å². The number of urea groups is 1. The molecule has 0 spiro atoms. The van der Waals surface area contributed by atoms with E-state index in [2.05, 4.69) is 5.32 Å². The van der Waals surface area contributed by atoms with Crippen LogP contribution in [0.15, 0.2) is 54.6 Å². The average Bonchev–Trinajstić information content (AvgIpc) is 2.76. The minimum Gasteiger partial charge on any atom is -0.480 e. The number of nitrogens with zero attached hydrogens (tertiary/aromatic N) is 1. The molecular formula is C26H34N2O5. The Morgan fingerprint density at radius 2 is 1.55 bits per heavy atom. The van der Waals surface area contributed by atoms with Gasteiger partial charge in [-0.2, -0.15) is 0 Å². The Balaban J connectivity index is 2.03. The molecule has 0 unspecified atom stereocenters. The molecule has 178 valence electrons. The van der Waals surface area contributed by atoms with Crippen molar-refractivity contribution in [2.75, 3.05) is 13.1 Å². The van der Waals surface area contributed by atoms with Crippen molar-refractivity contribution < 1.29 is 24.2 Å². The molecule has 0 aliphatic rings. The second-order valence-corrected chi connectivity index (χ2v) is 8.74. The molecule has 0 radical (unpaired) electrons. The van der Waals surface area contributed by atoms with E-state index < -0.39 is 18.0 Å². The summed E-state index contributed by atoms with van der Waals surface area (Å²) in [5.74, 6) is -1.34.